The molecule has 0 aromatic heterocycles. The summed E-state index contributed by atoms with van der Waals surface area (Å²) in [6, 6.07) is 0. The maximum Gasteiger partial charge on any atom is 0.228 e. The lowest BCUT2D eigenvalue weighted by Gasteiger charge is -2.25. The van der Waals surface area contributed by atoms with Crippen LogP contribution in [0.3, 0.4) is 0 Å². The average Bonchev–Trinajstić information content (AvgIpc) is 2.62. The Labute approximate surface area is 102 Å². The standard InChI is InChI=1S/C11H20N2O2S/c1-3-5-13(7-10(12)16)11(14)9-4-6-15-8(9)2/h8-9H,3-7H2,1-2H3,(H2,12,16). The summed E-state index contributed by atoms with van der Waals surface area (Å²) in [7, 11) is 0. The van der Waals surface area contributed by atoms with Gasteiger partial charge in [-0.3, -0.25) is 4.79 Å². The molecule has 0 aromatic carbocycles. The highest BCUT2D eigenvalue weighted by Crippen LogP contribution is 2.22. The van der Waals surface area contributed by atoms with Crippen LogP contribution in [0.25, 0.3) is 0 Å². The maximum atomic E-state index is 12.2. The number of nitrogens with zero attached hydrogens (tertiary/aromatic N) is 1. The van der Waals surface area contributed by atoms with Crippen LogP contribution in [0.4, 0.5) is 0 Å². The predicted molar refractivity (Wildman–Crippen MR) is 67.2 cm³/mol. The molecule has 0 radical (unpaired) electrons. The Balaban J connectivity index is 2.62. The number of nitrogens with two attached hydrogens (primary N) is 1. The Morgan fingerprint density at radius 3 is 2.75 bits per heavy atom. The van der Waals surface area contributed by atoms with E-state index in [2.05, 4.69) is 0 Å². The van der Waals surface area contributed by atoms with E-state index in [1.807, 2.05) is 13.8 Å². The fraction of sp³-hybridized carbons (Fsp3) is 0.818. The minimum Gasteiger partial charge on any atom is -0.392 e. The molecule has 1 aliphatic rings. The zero-order chi connectivity index (χ0) is 12.1. The number of carbonyl (C=O) groups is 1. The zero-order valence-electron chi connectivity index (χ0n) is 9.94. The molecule has 1 saturated heterocycles. The Kier molecular flexibility index (Phi) is 5.15. The van der Waals surface area contributed by atoms with Gasteiger partial charge in [0.1, 0.15) is 0 Å². The van der Waals surface area contributed by atoms with E-state index in [1.54, 1.807) is 4.90 Å². The van der Waals surface area contributed by atoms with E-state index in [0.29, 0.717) is 24.7 Å². The van der Waals surface area contributed by atoms with E-state index in [9.17, 15) is 4.79 Å². The number of ether oxygens (including phenoxy) is 1. The Morgan fingerprint density at radius 1 is 1.62 bits per heavy atom. The third-order valence-electron chi connectivity index (χ3n) is 2.85. The van der Waals surface area contributed by atoms with Crippen molar-refractivity contribution < 1.29 is 9.53 Å². The smallest absolute Gasteiger partial charge is 0.228 e. The van der Waals surface area contributed by atoms with Gasteiger partial charge in [0, 0.05) is 13.2 Å². The summed E-state index contributed by atoms with van der Waals surface area (Å²) >= 11 is 4.86. The quantitative estimate of drug-likeness (QED) is 0.731. The van der Waals surface area contributed by atoms with E-state index >= 15 is 0 Å². The molecular formula is C11H20N2O2S. The van der Waals surface area contributed by atoms with Crippen molar-refractivity contribution >= 4 is 23.1 Å². The first kappa shape index (κ1) is 13.4. The summed E-state index contributed by atoms with van der Waals surface area (Å²) in [6.45, 7) is 5.74. The van der Waals surface area contributed by atoms with Crippen molar-refractivity contribution in [3.05, 3.63) is 0 Å². The second-order valence-electron chi connectivity index (χ2n) is 4.20. The normalized spacial score (nSPS) is 24.4. The van der Waals surface area contributed by atoms with Crippen LogP contribution in [0.2, 0.25) is 0 Å². The Morgan fingerprint density at radius 2 is 2.31 bits per heavy atom. The monoisotopic (exact) mass is 244 g/mol. The molecular weight excluding hydrogens is 224 g/mol. The third-order valence-corrected chi connectivity index (χ3v) is 2.97. The van der Waals surface area contributed by atoms with E-state index in [-0.39, 0.29) is 17.9 Å². The summed E-state index contributed by atoms with van der Waals surface area (Å²) in [5.41, 5.74) is 5.50. The summed E-state index contributed by atoms with van der Waals surface area (Å²) in [6.07, 6.45) is 1.73. The first-order valence-electron chi connectivity index (χ1n) is 5.75. The second-order valence-corrected chi connectivity index (χ2v) is 4.72. The van der Waals surface area contributed by atoms with Crippen molar-refractivity contribution in [2.24, 2.45) is 11.7 Å². The van der Waals surface area contributed by atoms with Crippen LogP contribution in [-0.2, 0) is 9.53 Å². The summed E-state index contributed by atoms with van der Waals surface area (Å²) in [5, 5.41) is 0. The van der Waals surface area contributed by atoms with Crippen molar-refractivity contribution in [1.29, 1.82) is 0 Å². The molecule has 0 aromatic rings. The van der Waals surface area contributed by atoms with Crippen LogP contribution in [-0.4, -0.2) is 41.6 Å². The van der Waals surface area contributed by atoms with Crippen LogP contribution in [0.15, 0.2) is 0 Å². The molecule has 0 aliphatic carbocycles. The van der Waals surface area contributed by atoms with E-state index < -0.39 is 0 Å². The van der Waals surface area contributed by atoms with E-state index in [4.69, 9.17) is 22.7 Å². The SMILES string of the molecule is CCCN(CC(N)=S)C(=O)C1CCOC1C. The fourth-order valence-electron chi connectivity index (χ4n) is 2.02. The highest BCUT2D eigenvalue weighted by molar-refractivity contribution is 7.80. The van der Waals surface area contributed by atoms with Gasteiger partial charge >= 0.3 is 0 Å². The van der Waals surface area contributed by atoms with E-state index in [0.717, 1.165) is 12.8 Å². The van der Waals surface area contributed by atoms with E-state index in [1.165, 1.54) is 0 Å². The molecule has 1 heterocycles. The number of amides is 1. The first-order valence-corrected chi connectivity index (χ1v) is 6.15. The molecule has 1 fully saturated rings. The number of hydrogen-bond donors (Lipinski definition) is 1. The number of rotatable bonds is 5. The average molecular weight is 244 g/mol. The summed E-state index contributed by atoms with van der Waals surface area (Å²) in [5.74, 6) is 0.0977. The fourth-order valence-corrected chi connectivity index (χ4v) is 2.17. The Bertz CT molecular complexity index is 271. The largest absolute Gasteiger partial charge is 0.392 e. The van der Waals surface area contributed by atoms with Gasteiger partial charge < -0.3 is 15.4 Å². The molecule has 0 saturated carbocycles. The van der Waals surface area contributed by atoms with Gasteiger partial charge in [0.05, 0.1) is 23.6 Å². The molecule has 2 atom stereocenters. The van der Waals surface area contributed by atoms with Gasteiger partial charge in [-0.25, -0.2) is 0 Å². The highest BCUT2D eigenvalue weighted by atomic mass is 32.1. The van der Waals surface area contributed by atoms with Crippen molar-refractivity contribution in [2.45, 2.75) is 32.8 Å². The van der Waals surface area contributed by atoms with Crippen molar-refractivity contribution in [3.63, 3.8) is 0 Å². The molecule has 92 valence electrons. The lowest BCUT2D eigenvalue weighted by atomic mass is 10.0. The van der Waals surface area contributed by atoms with Gasteiger partial charge in [-0.1, -0.05) is 19.1 Å². The molecule has 1 amide bonds. The molecule has 1 rings (SSSR count). The lowest BCUT2D eigenvalue weighted by molar-refractivity contribution is -0.136. The molecule has 2 N–H and O–H groups in total. The minimum absolute atomic E-state index is 0.0122. The molecule has 2 unspecified atom stereocenters. The number of hydrogen-bond acceptors (Lipinski definition) is 3. The van der Waals surface area contributed by atoms with Crippen LogP contribution in [0.1, 0.15) is 26.7 Å². The van der Waals surface area contributed by atoms with Gasteiger partial charge in [-0.05, 0) is 19.8 Å². The molecule has 0 spiro atoms. The van der Waals surface area contributed by atoms with Crippen LogP contribution in [0, 0.1) is 5.92 Å². The molecule has 5 heteroatoms. The maximum absolute atomic E-state index is 12.2. The van der Waals surface area contributed by atoms with Crippen LogP contribution >= 0.6 is 12.2 Å². The molecule has 16 heavy (non-hydrogen) atoms. The first-order chi connectivity index (χ1) is 7.56. The van der Waals surface area contributed by atoms with Crippen molar-refractivity contribution in [3.8, 4) is 0 Å². The van der Waals surface area contributed by atoms with Crippen LogP contribution < -0.4 is 5.73 Å². The summed E-state index contributed by atoms with van der Waals surface area (Å²) in [4.78, 5) is 14.3. The van der Waals surface area contributed by atoms with Gasteiger partial charge in [-0.2, -0.15) is 0 Å². The van der Waals surface area contributed by atoms with Gasteiger partial charge in [0.25, 0.3) is 0 Å². The second kappa shape index (κ2) is 6.15. The van der Waals surface area contributed by atoms with Gasteiger partial charge in [0.15, 0.2) is 0 Å². The zero-order valence-corrected chi connectivity index (χ0v) is 10.8. The lowest BCUT2D eigenvalue weighted by Crippen LogP contribution is -2.43. The molecule has 0 bridgehead atoms. The summed E-state index contributed by atoms with van der Waals surface area (Å²) < 4.78 is 5.41. The highest BCUT2D eigenvalue weighted by Gasteiger charge is 2.33. The van der Waals surface area contributed by atoms with Crippen molar-refractivity contribution in [1.82, 2.24) is 4.90 Å². The minimum atomic E-state index is -0.0269. The predicted octanol–water partition coefficient (Wildman–Crippen LogP) is 0.936. The van der Waals surface area contributed by atoms with Crippen molar-refractivity contribution in [2.75, 3.05) is 19.7 Å². The number of carbonyl (C=O) groups excluding carboxylic acids is 1. The van der Waals surface area contributed by atoms with Gasteiger partial charge in [-0.15, -0.1) is 0 Å². The number of thiocarbonyl (C=S) groups is 1. The Hall–Kier alpha value is -0.680. The molecule has 4 nitrogen and oxygen atoms in total. The molecule has 1 aliphatic heterocycles. The van der Waals surface area contributed by atoms with Crippen LogP contribution in [0.5, 0.6) is 0 Å². The van der Waals surface area contributed by atoms with Gasteiger partial charge in [0.2, 0.25) is 5.91 Å². The topological polar surface area (TPSA) is 55.6 Å². The third kappa shape index (κ3) is 3.42.